The van der Waals surface area contributed by atoms with Crippen molar-refractivity contribution in [2.24, 2.45) is 0 Å². The maximum absolute atomic E-state index is 12.2. The highest BCUT2D eigenvalue weighted by Crippen LogP contribution is 2.14. The van der Waals surface area contributed by atoms with Gasteiger partial charge in [0.15, 0.2) is 5.58 Å². The van der Waals surface area contributed by atoms with E-state index < -0.39 is 0 Å². The summed E-state index contributed by atoms with van der Waals surface area (Å²) in [6.45, 7) is 6.77. The van der Waals surface area contributed by atoms with E-state index in [4.69, 9.17) is 4.42 Å². The van der Waals surface area contributed by atoms with Crippen LogP contribution >= 0.6 is 0 Å². The van der Waals surface area contributed by atoms with Gasteiger partial charge in [-0.15, -0.1) is 0 Å². The average Bonchev–Trinajstić information content (AvgIpc) is 3.18. The van der Waals surface area contributed by atoms with E-state index >= 15 is 0 Å². The average molecular weight is 378 g/mol. The van der Waals surface area contributed by atoms with Crippen LogP contribution < -0.4 is 5.32 Å². The highest BCUT2D eigenvalue weighted by atomic mass is 16.4. The number of aromatic nitrogens is 1. The summed E-state index contributed by atoms with van der Waals surface area (Å²) >= 11 is 0. The van der Waals surface area contributed by atoms with Gasteiger partial charge in [0.2, 0.25) is 0 Å². The summed E-state index contributed by atoms with van der Waals surface area (Å²) in [6.07, 6.45) is 1.10. The molecule has 0 unspecified atom stereocenters. The van der Waals surface area contributed by atoms with Crippen LogP contribution in [-0.2, 0) is 6.42 Å². The maximum atomic E-state index is 12.2. The first-order valence-corrected chi connectivity index (χ1v) is 9.90. The second-order valence-electron chi connectivity index (χ2n) is 7.16. The third-order valence-corrected chi connectivity index (χ3v) is 5.23. The zero-order valence-corrected chi connectivity index (χ0v) is 16.0. The molecule has 1 saturated heterocycles. The van der Waals surface area contributed by atoms with Gasteiger partial charge in [-0.25, -0.2) is 4.98 Å². The molecule has 4 rings (SSSR count). The molecule has 1 aliphatic rings. The highest BCUT2D eigenvalue weighted by molar-refractivity contribution is 5.92. The van der Waals surface area contributed by atoms with E-state index in [0.717, 1.165) is 45.7 Å². The molecular formula is C22H26N4O2. The van der Waals surface area contributed by atoms with Crippen LogP contribution in [0.2, 0.25) is 0 Å². The molecule has 1 aromatic heterocycles. The van der Waals surface area contributed by atoms with E-state index in [2.05, 4.69) is 50.4 Å². The van der Waals surface area contributed by atoms with Crippen LogP contribution in [-0.4, -0.2) is 66.5 Å². The van der Waals surface area contributed by atoms with E-state index in [1.165, 1.54) is 5.56 Å². The first-order valence-electron chi connectivity index (χ1n) is 9.90. The quantitative estimate of drug-likeness (QED) is 0.684. The Labute approximate surface area is 165 Å². The zero-order valence-electron chi connectivity index (χ0n) is 16.0. The number of benzene rings is 2. The van der Waals surface area contributed by atoms with Crippen LogP contribution in [0.5, 0.6) is 0 Å². The van der Waals surface area contributed by atoms with Gasteiger partial charge in [-0.1, -0.05) is 42.5 Å². The molecule has 0 aliphatic carbocycles. The number of hydrogen-bond donors (Lipinski definition) is 1. The fourth-order valence-corrected chi connectivity index (χ4v) is 3.54. The second kappa shape index (κ2) is 8.99. The zero-order chi connectivity index (χ0) is 19.2. The lowest BCUT2D eigenvalue weighted by atomic mass is 10.1. The Balaban J connectivity index is 1.16. The molecule has 28 heavy (non-hydrogen) atoms. The molecule has 3 aromatic rings. The topological polar surface area (TPSA) is 61.6 Å². The molecule has 0 saturated carbocycles. The summed E-state index contributed by atoms with van der Waals surface area (Å²) in [4.78, 5) is 21.4. The standard InChI is InChI=1S/C22H26N4O2/c27-21(22-24-19-8-4-5-9-20(19)28-22)23-11-13-26-16-14-25(15-17-26)12-10-18-6-2-1-3-7-18/h1-9H,10-17H2,(H,23,27). The van der Waals surface area contributed by atoms with Crippen molar-refractivity contribution in [2.75, 3.05) is 45.8 Å². The van der Waals surface area contributed by atoms with E-state index in [1.54, 1.807) is 0 Å². The van der Waals surface area contributed by atoms with E-state index in [0.29, 0.717) is 17.6 Å². The van der Waals surface area contributed by atoms with Crippen LogP contribution in [0.15, 0.2) is 59.0 Å². The summed E-state index contributed by atoms with van der Waals surface area (Å²) < 4.78 is 5.51. The summed E-state index contributed by atoms with van der Waals surface area (Å²) in [5.74, 6) is -0.121. The third-order valence-electron chi connectivity index (χ3n) is 5.23. The molecule has 0 radical (unpaired) electrons. The number of carbonyl (C=O) groups excluding carboxylic acids is 1. The molecule has 6 nitrogen and oxygen atoms in total. The number of oxazole rings is 1. The van der Waals surface area contributed by atoms with Crippen molar-refractivity contribution >= 4 is 17.0 Å². The van der Waals surface area contributed by atoms with Crippen molar-refractivity contribution < 1.29 is 9.21 Å². The SMILES string of the molecule is O=C(NCCN1CCN(CCc2ccccc2)CC1)c1nc2ccccc2o1. The molecule has 1 fully saturated rings. The van der Waals surface area contributed by atoms with Gasteiger partial charge in [-0.05, 0) is 24.1 Å². The Hall–Kier alpha value is -2.70. The van der Waals surface area contributed by atoms with Crippen molar-refractivity contribution in [3.8, 4) is 0 Å². The molecular weight excluding hydrogens is 352 g/mol. The number of para-hydroxylation sites is 2. The minimum atomic E-state index is -0.252. The lowest BCUT2D eigenvalue weighted by Gasteiger charge is -2.34. The Bertz CT molecular complexity index is 868. The fraction of sp³-hybridized carbons (Fsp3) is 0.364. The molecule has 1 N–H and O–H groups in total. The van der Waals surface area contributed by atoms with Crippen LogP contribution in [0.3, 0.4) is 0 Å². The number of piperazine rings is 1. The molecule has 1 amide bonds. The number of carbonyl (C=O) groups is 1. The number of amides is 1. The van der Waals surface area contributed by atoms with Crippen molar-refractivity contribution in [1.29, 1.82) is 0 Å². The van der Waals surface area contributed by atoms with Gasteiger partial charge in [0.1, 0.15) is 5.52 Å². The number of nitrogens with zero attached hydrogens (tertiary/aromatic N) is 3. The maximum Gasteiger partial charge on any atom is 0.307 e. The van der Waals surface area contributed by atoms with E-state index in [1.807, 2.05) is 24.3 Å². The smallest absolute Gasteiger partial charge is 0.307 e. The molecule has 0 atom stereocenters. The Morgan fingerprint density at radius 1 is 0.929 bits per heavy atom. The van der Waals surface area contributed by atoms with Gasteiger partial charge >= 0.3 is 5.91 Å². The van der Waals surface area contributed by atoms with Crippen LogP contribution in [0.25, 0.3) is 11.1 Å². The summed E-state index contributed by atoms with van der Waals surface area (Å²) in [6, 6.07) is 18.0. The lowest BCUT2D eigenvalue weighted by Crippen LogP contribution is -2.48. The second-order valence-corrected chi connectivity index (χ2v) is 7.16. The van der Waals surface area contributed by atoms with E-state index in [9.17, 15) is 4.79 Å². The number of nitrogens with one attached hydrogen (secondary N) is 1. The molecule has 146 valence electrons. The van der Waals surface area contributed by atoms with E-state index in [-0.39, 0.29) is 11.8 Å². The van der Waals surface area contributed by atoms with Gasteiger partial charge in [0.05, 0.1) is 0 Å². The molecule has 0 spiro atoms. The van der Waals surface area contributed by atoms with Crippen molar-refractivity contribution in [3.05, 3.63) is 66.1 Å². The van der Waals surface area contributed by atoms with Gasteiger partial charge in [-0.2, -0.15) is 0 Å². The Morgan fingerprint density at radius 2 is 1.61 bits per heavy atom. The highest BCUT2D eigenvalue weighted by Gasteiger charge is 2.18. The summed E-state index contributed by atoms with van der Waals surface area (Å²) in [5, 5.41) is 2.91. The minimum Gasteiger partial charge on any atom is -0.432 e. The Kier molecular flexibility index (Phi) is 5.99. The molecule has 2 aromatic carbocycles. The number of rotatable bonds is 7. The normalized spacial score (nSPS) is 15.7. The molecule has 2 heterocycles. The first-order chi connectivity index (χ1) is 13.8. The van der Waals surface area contributed by atoms with Gasteiger partial charge in [0, 0.05) is 45.8 Å². The number of hydrogen-bond acceptors (Lipinski definition) is 5. The largest absolute Gasteiger partial charge is 0.432 e. The molecule has 0 bridgehead atoms. The summed E-state index contributed by atoms with van der Waals surface area (Å²) in [7, 11) is 0. The van der Waals surface area contributed by atoms with Crippen molar-refractivity contribution in [1.82, 2.24) is 20.1 Å². The van der Waals surface area contributed by atoms with Crippen molar-refractivity contribution in [3.63, 3.8) is 0 Å². The monoisotopic (exact) mass is 378 g/mol. The van der Waals surface area contributed by atoms with Crippen LogP contribution in [0.4, 0.5) is 0 Å². The molecule has 1 aliphatic heterocycles. The fourth-order valence-electron chi connectivity index (χ4n) is 3.54. The van der Waals surface area contributed by atoms with Crippen molar-refractivity contribution in [2.45, 2.75) is 6.42 Å². The van der Waals surface area contributed by atoms with Crippen LogP contribution in [0, 0.1) is 0 Å². The lowest BCUT2D eigenvalue weighted by molar-refractivity contribution is 0.0905. The third kappa shape index (κ3) is 4.77. The van der Waals surface area contributed by atoms with Gasteiger partial charge < -0.3 is 14.6 Å². The summed E-state index contributed by atoms with van der Waals surface area (Å²) in [5.41, 5.74) is 2.74. The first kappa shape index (κ1) is 18.7. The predicted octanol–water partition coefficient (Wildman–Crippen LogP) is 2.42. The predicted molar refractivity (Wildman–Crippen MR) is 109 cm³/mol. The Morgan fingerprint density at radius 3 is 2.36 bits per heavy atom. The van der Waals surface area contributed by atoms with Crippen LogP contribution in [0.1, 0.15) is 16.2 Å². The number of fused-ring (bicyclic) bond motifs is 1. The minimum absolute atomic E-state index is 0.131. The van der Waals surface area contributed by atoms with Gasteiger partial charge in [0.25, 0.3) is 5.89 Å². The van der Waals surface area contributed by atoms with Gasteiger partial charge in [-0.3, -0.25) is 9.69 Å². The molecule has 6 heteroatoms.